The molecule has 0 aromatic rings. The molecule has 0 radical (unpaired) electrons. The summed E-state index contributed by atoms with van der Waals surface area (Å²) in [5.41, 5.74) is 0. The van der Waals surface area contributed by atoms with Crippen LogP contribution in [0.3, 0.4) is 0 Å². The number of piperidine rings is 1. The highest BCUT2D eigenvalue weighted by Gasteiger charge is 2.21. The van der Waals surface area contributed by atoms with Crippen LogP contribution in [0, 0.1) is 11.8 Å². The van der Waals surface area contributed by atoms with E-state index in [0.29, 0.717) is 0 Å². The maximum absolute atomic E-state index is 2.65. The fraction of sp³-hybridized carbons (Fsp3) is 1.00. The lowest BCUT2D eigenvalue weighted by atomic mass is 9.87. The van der Waals surface area contributed by atoms with Gasteiger partial charge in [-0.2, -0.15) is 0 Å². The molecule has 1 aliphatic heterocycles. The van der Waals surface area contributed by atoms with Crippen molar-refractivity contribution in [3.63, 3.8) is 0 Å². The van der Waals surface area contributed by atoms with Crippen molar-refractivity contribution in [1.82, 2.24) is 9.80 Å². The predicted octanol–water partition coefficient (Wildman–Crippen LogP) is 2.70. The van der Waals surface area contributed by atoms with E-state index < -0.39 is 0 Å². The zero-order valence-corrected chi connectivity index (χ0v) is 11.7. The smallest absolute Gasteiger partial charge is 0.0109 e. The number of hydrogen-bond donors (Lipinski definition) is 0. The minimum Gasteiger partial charge on any atom is -0.303 e. The van der Waals surface area contributed by atoms with E-state index in [1.165, 1.54) is 52.1 Å². The van der Waals surface area contributed by atoms with Gasteiger partial charge in [0.25, 0.3) is 0 Å². The molecule has 0 N–H and O–H groups in total. The molecule has 1 aliphatic rings. The minimum absolute atomic E-state index is 0.880. The minimum atomic E-state index is 0.880. The second-order valence-electron chi connectivity index (χ2n) is 5.45. The van der Waals surface area contributed by atoms with Gasteiger partial charge in [-0.1, -0.05) is 27.7 Å². The lowest BCUT2D eigenvalue weighted by molar-refractivity contribution is 0.141. The van der Waals surface area contributed by atoms with Gasteiger partial charge in [0.1, 0.15) is 0 Å². The third-order valence-corrected chi connectivity index (χ3v) is 4.20. The maximum Gasteiger partial charge on any atom is 0.0109 e. The molecule has 0 aliphatic carbocycles. The van der Waals surface area contributed by atoms with Crippen molar-refractivity contribution in [3.05, 3.63) is 0 Å². The van der Waals surface area contributed by atoms with Gasteiger partial charge >= 0.3 is 0 Å². The number of rotatable bonds is 6. The second kappa shape index (κ2) is 7.29. The Balaban J connectivity index is 2.17. The molecule has 16 heavy (non-hydrogen) atoms. The lowest BCUT2D eigenvalue weighted by Crippen LogP contribution is -2.40. The SMILES string of the molecule is CCN(CC)CCN1CCC(C(C)C)CC1. The van der Waals surface area contributed by atoms with E-state index in [-0.39, 0.29) is 0 Å². The fourth-order valence-electron chi connectivity index (χ4n) is 2.67. The first-order valence-electron chi connectivity index (χ1n) is 7.12. The Morgan fingerprint density at radius 3 is 2.12 bits per heavy atom. The van der Waals surface area contributed by atoms with Crippen LogP contribution in [0.5, 0.6) is 0 Å². The molecule has 96 valence electrons. The number of hydrogen-bond acceptors (Lipinski definition) is 2. The molecule has 0 atom stereocenters. The molecule has 2 heteroatoms. The highest BCUT2D eigenvalue weighted by Crippen LogP contribution is 2.24. The van der Waals surface area contributed by atoms with E-state index in [2.05, 4.69) is 37.5 Å². The largest absolute Gasteiger partial charge is 0.303 e. The van der Waals surface area contributed by atoms with Gasteiger partial charge < -0.3 is 9.80 Å². The number of likely N-dealkylation sites (tertiary alicyclic amines) is 1. The summed E-state index contributed by atoms with van der Waals surface area (Å²) in [6, 6.07) is 0. The van der Waals surface area contributed by atoms with Crippen LogP contribution >= 0.6 is 0 Å². The average molecular weight is 226 g/mol. The monoisotopic (exact) mass is 226 g/mol. The van der Waals surface area contributed by atoms with Crippen LogP contribution in [-0.2, 0) is 0 Å². The second-order valence-corrected chi connectivity index (χ2v) is 5.45. The van der Waals surface area contributed by atoms with E-state index in [1.54, 1.807) is 0 Å². The molecule has 0 saturated carbocycles. The van der Waals surface area contributed by atoms with Gasteiger partial charge in [0.2, 0.25) is 0 Å². The van der Waals surface area contributed by atoms with Gasteiger partial charge in [0, 0.05) is 13.1 Å². The van der Waals surface area contributed by atoms with Gasteiger partial charge in [-0.25, -0.2) is 0 Å². The van der Waals surface area contributed by atoms with E-state index >= 15 is 0 Å². The molecule has 0 spiro atoms. The first-order chi connectivity index (χ1) is 7.67. The molecule has 0 bridgehead atoms. The molecule has 0 aromatic carbocycles. The normalized spacial score (nSPS) is 19.9. The van der Waals surface area contributed by atoms with E-state index in [4.69, 9.17) is 0 Å². The Morgan fingerprint density at radius 1 is 1.12 bits per heavy atom. The zero-order valence-electron chi connectivity index (χ0n) is 11.7. The Hall–Kier alpha value is -0.0800. The van der Waals surface area contributed by atoms with Gasteiger partial charge in [-0.05, 0) is 50.9 Å². The summed E-state index contributed by atoms with van der Waals surface area (Å²) in [6.45, 7) is 16.8. The molecule has 1 saturated heterocycles. The van der Waals surface area contributed by atoms with Crippen molar-refractivity contribution < 1.29 is 0 Å². The Labute approximate surface area is 102 Å². The summed E-state index contributed by atoms with van der Waals surface area (Å²) in [5, 5.41) is 0. The third-order valence-electron chi connectivity index (χ3n) is 4.20. The highest BCUT2D eigenvalue weighted by molar-refractivity contribution is 4.74. The molecule has 2 nitrogen and oxygen atoms in total. The van der Waals surface area contributed by atoms with Crippen molar-refractivity contribution in [3.8, 4) is 0 Å². The fourth-order valence-corrected chi connectivity index (χ4v) is 2.67. The van der Waals surface area contributed by atoms with Crippen LogP contribution in [0.1, 0.15) is 40.5 Å². The lowest BCUT2D eigenvalue weighted by Gasteiger charge is -2.34. The molecule has 0 amide bonds. The van der Waals surface area contributed by atoms with Gasteiger partial charge in [0.15, 0.2) is 0 Å². The Morgan fingerprint density at radius 2 is 1.69 bits per heavy atom. The molecule has 1 fully saturated rings. The summed E-state index contributed by atoms with van der Waals surface area (Å²) < 4.78 is 0. The molecule has 0 unspecified atom stereocenters. The van der Waals surface area contributed by atoms with Crippen molar-refractivity contribution >= 4 is 0 Å². The first-order valence-corrected chi connectivity index (χ1v) is 7.12. The molecular formula is C14H30N2. The summed E-state index contributed by atoms with van der Waals surface area (Å²) in [4.78, 5) is 5.17. The van der Waals surface area contributed by atoms with Crippen LogP contribution in [0.2, 0.25) is 0 Å². The van der Waals surface area contributed by atoms with Gasteiger partial charge in [-0.3, -0.25) is 0 Å². The molecule has 1 rings (SSSR count). The van der Waals surface area contributed by atoms with Crippen LogP contribution in [0.4, 0.5) is 0 Å². The topological polar surface area (TPSA) is 6.48 Å². The first kappa shape index (κ1) is 14.0. The van der Waals surface area contributed by atoms with E-state index in [9.17, 15) is 0 Å². The predicted molar refractivity (Wildman–Crippen MR) is 71.8 cm³/mol. The Bertz CT molecular complexity index is 168. The third kappa shape index (κ3) is 4.42. The summed E-state index contributed by atoms with van der Waals surface area (Å²) in [6.07, 6.45) is 2.83. The van der Waals surface area contributed by atoms with Crippen LogP contribution in [-0.4, -0.2) is 49.1 Å². The summed E-state index contributed by atoms with van der Waals surface area (Å²) in [5.74, 6) is 1.86. The maximum atomic E-state index is 2.65. The number of nitrogens with zero attached hydrogens (tertiary/aromatic N) is 2. The molecular weight excluding hydrogens is 196 g/mol. The van der Waals surface area contributed by atoms with Crippen molar-refractivity contribution in [2.24, 2.45) is 11.8 Å². The highest BCUT2D eigenvalue weighted by atomic mass is 15.2. The Kier molecular flexibility index (Phi) is 6.37. The van der Waals surface area contributed by atoms with Crippen molar-refractivity contribution in [2.45, 2.75) is 40.5 Å². The summed E-state index contributed by atoms with van der Waals surface area (Å²) in [7, 11) is 0. The summed E-state index contributed by atoms with van der Waals surface area (Å²) >= 11 is 0. The molecule has 1 heterocycles. The van der Waals surface area contributed by atoms with Crippen LogP contribution in [0.15, 0.2) is 0 Å². The van der Waals surface area contributed by atoms with E-state index in [1.807, 2.05) is 0 Å². The van der Waals surface area contributed by atoms with Crippen LogP contribution in [0.25, 0.3) is 0 Å². The van der Waals surface area contributed by atoms with Gasteiger partial charge in [0.05, 0.1) is 0 Å². The van der Waals surface area contributed by atoms with Crippen molar-refractivity contribution in [2.75, 3.05) is 39.3 Å². The van der Waals surface area contributed by atoms with Crippen molar-refractivity contribution in [1.29, 1.82) is 0 Å². The van der Waals surface area contributed by atoms with Gasteiger partial charge in [-0.15, -0.1) is 0 Å². The van der Waals surface area contributed by atoms with Crippen LogP contribution < -0.4 is 0 Å². The average Bonchev–Trinajstić information content (AvgIpc) is 2.31. The molecule has 0 aromatic heterocycles. The zero-order chi connectivity index (χ0) is 12.0. The standard InChI is InChI=1S/C14H30N2/c1-5-15(6-2)11-12-16-9-7-14(8-10-16)13(3)4/h13-14H,5-12H2,1-4H3. The number of likely N-dealkylation sites (N-methyl/N-ethyl adjacent to an activating group) is 1. The quantitative estimate of drug-likeness (QED) is 0.687. The van der Waals surface area contributed by atoms with E-state index in [0.717, 1.165) is 11.8 Å².